The summed E-state index contributed by atoms with van der Waals surface area (Å²) in [6, 6.07) is 9.25. The molecule has 0 radical (unpaired) electrons. The molecule has 1 aromatic heterocycles. The number of unbranched alkanes of at least 4 members (excludes halogenated alkanes) is 1. The molecule has 2 aromatic rings. The van der Waals surface area contributed by atoms with Crippen LogP contribution >= 0.6 is 11.6 Å². The Morgan fingerprint density at radius 3 is 2.92 bits per heavy atom. The van der Waals surface area contributed by atoms with Crippen molar-refractivity contribution in [2.24, 2.45) is 0 Å². The summed E-state index contributed by atoms with van der Waals surface area (Å²) in [6.07, 6.45) is 3.68. The first-order valence-electron chi connectivity index (χ1n) is 8.62. The third-order valence-electron chi connectivity index (χ3n) is 4.27. The van der Waals surface area contributed by atoms with E-state index in [0.29, 0.717) is 24.7 Å². The lowest BCUT2D eigenvalue weighted by Crippen LogP contribution is -2.44. The smallest absolute Gasteiger partial charge is 0.323 e. The second-order valence-electron chi connectivity index (χ2n) is 6.08. The number of carbonyl (C=O) groups is 1. The van der Waals surface area contributed by atoms with Crippen LogP contribution in [0, 0.1) is 0 Å². The molecule has 7 heteroatoms. The highest BCUT2D eigenvalue weighted by atomic mass is 35.5. The summed E-state index contributed by atoms with van der Waals surface area (Å²) in [5.41, 5.74) is 1.02. The van der Waals surface area contributed by atoms with E-state index in [0.717, 1.165) is 30.8 Å². The van der Waals surface area contributed by atoms with Gasteiger partial charge in [-0.05, 0) is 24.1 Å². The minimum atomic E-state index is -0.137. The van der Waals surface area contributed by atoms with Crippen LogP contribution in [0.3, 0.4) is 0 Å². The second kappa shape index (κ2) is 8.36. The molecule has 1 atom stereocenters. The molecule has 2 amide bonds. The van der Waals surface area contributed by atoms with Gasteiger partial charge in [-0.15, -0.1) is 0 Å². The molecule has 3 rings (SSSR count). The molecule has 0 bridgehead atoms. The third kappa shape index (κ3) is 4.52. The highest BCUT2D eigenvalue weighted by Crippen LogP contribution is 2.24. The van der Waals surface area contributed by atoms with E-state index in [2.05, 4.69) is 17.3 Å². The maximum atomic E-state index is 12.6. The molecule has 2 heterocycles. The summed E-state index contributed by atoms with van der Waals surface area (Å²) in [4.78, 5) is 14.4. The van der Waals surface area contributed by atoms with Gasteiger partial charge in [-0.3, -0.25) is 5.32 Å². The lowest BCUT2D eigenvalue weighted by molar-refractivity contribution is -0.0135. The summed E-state index contributed by atoms with van der Waals surface area (Å²) in [6.45, 7) is 4.52. The molecule has 0 saturated carbocycles. The Balaban J connectivity index is 1.62. The summed E-state index contributed by atoms with van der Waals surface area (Å²) < 4.78 is 7.65. The average molecular weight is 363 g/mol. The van der Waals surface area contributed by atoms with E-state index in [1.807, 2.05) is 35.0 Å². The van der Waals surface area contributed by atoms with Gasteiger partial charge >= 0.3 is 6.03 Å². The van der Waals surface area contributed by atoms with Crippen molar-refractivity contribution in [2.45, 2.75) is 32.4 Å². The molecule has 6 nitrogen and oxygen atoms in total. The van der Waals surface area contributed by atoms with E-state index in [4.69, 9.17) is 16.3 Å². The monoisotopic (exact) mass is 362 g/mol. The van der Waals surface area contributed by atoms with Crippen LogP contribution in [0.4, 0.5) is 10.6 Å². The molecule has 1 saturated heterocycles. The van der Waals surface area contributed by atoms with Crippen molar-refractivity contribution in [2.75, 3.05) is 25.0 Å². The number of hydrogen-bond donors (Lipinski definition) is 1. The number of morpholine rings is 1. The standard InChI is InChI=1S/C18H23ClN4O2/c1-2-3-10-23-17(8-9-20-23)21-18(24)22-11-12-25-16(13-22)14-4-6-15(19)7-5-14/h4-9,16H,2-3,10-13H2,1H3,(H,21,24)/t16-/m1/s1. The Hall–Kier alpha value is -2.05. The number of amides is 2. The van der Waals surface area contributed by atoms with E-state index < -0.39 is 0 Å². The largest absolute Gasteiger partial charge is 0.370 e. The topological polar surface area (TPSA) is 59.4 Å². The minimum Gasteiger partial charge on any atom is -0.370 e. The van der Waals surface area contributed by atoms with Crippen LogP contribution in [-0.2, 0) is 11.3 Å². The Morgan fingerprint density at radius 2 is 2.16 bits per heavy atom. The summed E-state index contributed by atoms with van der Waals surface area (Å²) in [7, 11) is 0. The number of hydrogen-bond acceptors (Lipinski definition) is 3. The Morgan fingerprint density at radius 1 is 1.36 bits per heavy atom. The number of nitrogens with one attached hydrogen (secondary N) is 1. The van der Waals surface area contributed by atoms with Crippen molar-refractivity contribution in [3.8, 4) is 0 Å². The summed E-state index contributed by atoms with van der Waals surface area (Å²) in [5.74, 6) is 0.730. The molecule has 1 N–H and O–H groups in total. The number of urea groups is 1. The van der Waals surface area contributed by atoms with Crippen molar-refractivity contribution in [1.82, 2.24) is 14.7 Å². The first-order valence-corrected chi connectivity index (χ1v) is 9.00. The van der Waals surface area contributed by atoms with Crippen molar-refractivity contribution >= 4 is 23.4 Å². The lowest BCUT2D eigenvalue weighted by Gasteiger charge is -2.33. The van der Waals surface area contributed by atoms with Crippen LogP contribution in [0.2, 0.25) is 5.02 Å². The molecular formula is C18H23ClN4O2. The zero-order valence-electron chi connectivity index (χ0n) is 14.3. The van der Waals surface area contributed by atoms with Crippen LogP contribution < -0.4 is 5.32 Å². The van der Waals surface area contributed by atoms with Crippen molar-refractivity contribution < 1.29 is 9.53 Å². The van der Waals surface area contributed by atoms with Gasteiger partial charge in [-0.1, -0.05) is 37.1 Å². The van der Waals surface area contributed by atoms with Gasteiger partial charge in [-0.25, -0.2) is 9.48 Å². The van der Waals surface area contributed by atoms with Crippen LogP contribution in [0.15, 0.2) is 36.5 Å². The number of anilines is 1. The predicted molar refractivity (Wildman–Crippen MR) is 97.9 cm³/mol. The highest BCUT2D eigenvalue weighted by molar-refractivity contribution is 6.30. The molecule has 0 unspecified atom stereocenters. The Bertz CT molecular complexity index is 701. The van der Waals surface area contributed by atoms with E-state index in [1.165, 1.54) is 0 Å². The number of carbonyl (C=O) groups excluding carboxylic acids is 1. The van der Waals surface area contributed by atoms with Crippen molar-refractivity contribution in [3.05, 3.63) is 47.1 Å². The summed E-state index contributed by atoms with van der Waals surface area (Å²) in [5, 5.41) is 7.92. The van der Waals surface area contributed by atoms with Gasteiger partial charge in [0.2, 0.25) is 0 Å². The van der Waals surface area contributed by atoms with Gasteiger partial charge in [0.15, 0.2) is 0 Å². The second-order valence-corrected chi connectivity index (χ2v) is 6.52. The van der Waals surface area contributed by atoms with Gasteiger partial charge in [0.25, 0.3) is 0 Å². The Labute approximate surface area is 152 Å². The fourth-order valence-corrected chi connectivity index (χ4v) is 2.95. The van der Waals surface area contributed by atoms with Crippen molar-refractivity contribution in [3.63, 3.8) is 0 Å². The third-order valence-corrected chi connectivity index (χ3v) is 4.52. The first-order chi connectivity index (χ1) is 12.2. The van der Waals surface area contributed by atoms with Crippen LogP contribution in [0.5, 0.6) is 0 Å². The van der Waals surface area contributed by atoms with Gasteiger partial charge in [0.1, 0.15) is 11.9 Å². The number of aryl methyl sites for hydroxylation is 1. The fraction of sp³-hybridized carbons (Fsp3) is 0.444. The maximum absolute atomic E-state index is 12.6. The first kappa shape index (κ1) is 17.8. The number of aromatic nitrogens is 2. The van der Waals surface area contributed by atoms with E-state index in [1.54, 1.807) is 11.1 Å². The highest BCUT2D eigenvalue weighted by Gasteiger charge is 2.26. The molecule has 25 heavy (non-hydrogen) atoms. The Kier molecular flexibility index (Phi) is 5.94. The van der Waals surface area contributed by atoms with Gasteiger partial charge in [0, 0.05) is 24.2 Å². The number of rotatable bonds is 5. The van der Waals surface area contributed by atoms with Gasteiger partial charge in [-0.2, -0.15) is 5.10 Å². The van der Waals surface area contributed by atoms with Gasteiger partial charge < -0.3 is 9.64 Å². The molecule has 1 aliphatic rings. The van der Waals surface area contributed by atoms with Crippen LogP contribution in [0.1, 0.15) is 31.4 Å². The van der Waals surface area contributed by atoms with Crippen LogP contribution in [-0.4, -0.2) is 40.4 Å². The van der Waals surface area contributed by atoms with E-state index >= 15 is 0 Å². The minimum absolute atomic E-state index is 0.125. The molecule has 1 aromatic carbocycles. The lowest BCUT2D eigenvalue weighted by atomic mass is 10.1. The molecule has 1 aliphatic heterocycles. The SMILES string of the molecule is CCCCn1nccc1NC(=O)N1CCO[C@@H](c2ccc(Cl)cc2)C1. The molecule has 134 valence electrons. The zero-order chi connectivity index (χ0) is 17.6. The zero-order valence-corrected chi connectivity index (χ0v) is 15.1. The number of halogens is 1. The number of ether oxygens (including phenoxy) is 1. The van der Waals surface area contributed by atoms with Gasteiger partial charge in [0.05, 0.1) is 19.3 Å². The number of benzene rings is 1. The molecule has 0 spiro atoms. The molecule has 0 aliphatic carbocycles. The predicted octanol–water partition coefficient (Wildman–Crippen LogP) is 3.94. The van der Waals surface area contributed by atoms with E-state index in [-0.39, 0.29) is 12.1 Å². The fourth-order valence-electron chi connectivity index (χ4n) is 2.83. The molecule has 1 fully saturated rings. The molecular weight excluding hydrogens is 340 g/mol. The normalized spacial score (nSPS) is 17.5. The quantitative estimate of drug-likeness (QED) is 0.876. The van der Waals surface area contributed by atoms with Crippen LogP contribution in [0.25, 0.3) is 0 Å². The maximum Gasteiger partial charge on any atom is 0.323 e. The van der Waals surface area contributed by atoms with E-state index in [9.17, 15) is 4.79 Å². The number of nitrogens with zero attached hydrogens (tertiary/aromatic N) is 3. The summed E-state index contributed by atoms with van der Waals surface area (Å²) >= 11 is 5.94. The average Bonchev–Trinajstić information content (AvgIpc) is 3.07. The van der Waals surface area contributed by atoms with Crippen molar-refractivity contribution in [1.29, 1.82) is 0 Å².